The second kappa shape index (κ2) is 9.38. The number of hydrogen-bond donors (Lipinski definition) is 2. The van der Waals surface area contributed by atoms with Crippen molar-refractivity contribution in [2.45, 2.75) is 31.8 Å². The zero-order valence-electron chi connectivity index (χ0n) is 12.9. The maximum Gasteiger partial charge on any atom is 0.223 e. The zero-order chi connectivity index (χ0) is 14.3. The normalized spacial score (nSPS) is 22.1. The molecule has 0 aromatic heterocycles. The number of rotatable bonds is 5. The van der Waals surface area contributed by atoms with Crippen molar-refractivity contribution in [1.82, 2.24) is 15.5 Å². The number of halogens is 1. The fourth-order valence-corrected chi connectivity index (χ4v) is 1.98. The Morgan fingerprint density at radius 2 is 2.10 bits per heavy atom. The Hall–Kier alpha value is -0.570. The number of ether oxygens (including phenoxy) is 1. The van der Waals surface area contributed by atoms with Gasteiger partial charge in [0.1, 0.15) is 0 Å². The van der Waals surface area contributed by atoms with Crippen LogP contribution in [-0.4, -0.2) is 63.2 Å². The Balaban J connectivity index is 0.00000361. The minimum absolute atomic E-state index is 0. The Morgan fingerprint density at radius 3 is 2.60 bits per heavy atom. The minimum Gasteiger partial charge on any atom is -0.373 e. The largest absolute Gasteiger partial charge is 0.373 e. The van der Waals surface area contributed by atoms with E-state index in [1.165, 1.54) is 0 Å². The molecule has 1 rings (SSSR count). The summed E-state index contributed by atoms with van der Waals surface area (Å²) in [6.45, 7) is 4.25. The molecule has 1 unspecified atom stereocenters. The summed E-state index contributed by atoms with van der Waals surface area (Å²) >= 11 is 0. The van der Waals surface area contributed by atoms with Gasteiger partial charge in [-0.05, 0) is 19.8 Å². The van der Waals surface area contributed by atoms with Crippen LogP contribution in [0.15, 0.2) is 4.99 Å². The van der Waals surface area contributed by atoms with Gasteiger partial charge in [-0.2, -0.15) is 0 Å². The van der Waals surface area contributed by atoms with Crippen molar-refractivity contribution < 1.29 is 9.53 Å². The predicted molar refractivity (Wildman–Crippen MR) is 91.7 cm³/mol. The second-order valence-electron chi connectivity index (χ2n) is 5.29. The first kappa shape index (κ1) is 19.4. The van der Waals surface area contributed by atoms with E-state index in [2.05, 4.69) is 22.5 Å². The molecule has 7 heteroatoms. The van der Waals surface area contributed by atoms with E-state index >= 15 is 0 Å². The van der Waals surface area contributed by atoms with Crippen molar-refractivity contribution in [3.63, 3.8) is 0 Å². The highest BCUT2D eigenvalue weighted by molar-refractivity contribution is 14.0. The Morgan fingerprint density at radius 1 is 1.40 bits per heavy atom. The molecule has 118 valence electrons. The molecule has 0 radical (unpaired) electrons. The van der Waals surface area contributed by atoms with Gasteiger partial charge in [0.2, 0.25) is 5.91 Å². The average molecular weight is 398 g/mol. The molecule has 0 bridgehead atoms. The van der Waals surface area contributed by atoms with Crippen LogP contribution in [0.25, 0.3) is 0 Å². The van der Waals surface area contributed by atoms with Gasteiger partial charge in [-0.15, -0.1) is 24.0 Å². The molecule has 1 aliphatic heterocycles. The summed E-state index contributed by atoms with van der Waals surface area (Å²) in [5.74, 6) is 0.817. The molecule has 1 amide bonds. The number of hydrogen-bond acceptors (Lipinski definition) is 3. The van der Waals surface area contributed by atoms with Gasteiger partial charge in [0.05, 0.1) is 5.60 Å². The summed E-state index contributed by atoms with van der Waals surface area (Å²) in [7, 11) is 5.24. The van der Waals surface area contributed by atoms with Crippen molar-refractivity contribution in [1.29, 1.82) is 0 Å². The molecule has 20 heavy (non-hydrogen) atoms. The Bertz CT molecular complexity index is 328. The monoisotopic (exact) mass is 398 g/mol. The topological polar surface area (TPSA) is 66.0 Å². The number of nitrogens with zero attached hydrogens (tertiary/aromatic N) is 2. The maximum atomic E-state index is 11.4. The van der Waals surface area contributed by atoms with Crippen LogP contribution in [0.1, 0.15) is 26.2 Å². The predicted octanol–water partition coefficient (Wildman–Crippen LogP) is 0.817. The van der Waals surface area contributed by atoms with Gasteiger partial charge >= 0.3 is 0 Å². The third kappa shape index (κ3) is 6.74. The molecule has 1 atom stereocenters. The van der Waals surface area contributed by atoms with Crippen LogP contribution in [0, 0.1) is 0 Å². The molecule has 0 spiro atoms. The maximum absolute atomic E-state index is 11.4. The lowest BCUT2D eigenvalue weighted by molar-refractivity contribution is -0.128. The summed E-state index contributed by atoms with van der Waals surface area (Å²) in [4.78, 5) is 17.2. The highest BCUT2D eigenvalue weighted by Gasteiger charge is 2.29. The first-order chi connectivity index (χ1) is 8.97. The van der Waals surface area contributed by atoms with Gasteiger partial charge in [-0.3, -0.25) is 9.79 Å². The lowest BCUT2D eigenvalue weighted by Gasteiger charge is -2.24. The van der Waals surface area contributed by atoms with Crippen LogP contribution in [0.4, 0.5) is 0 Å². The molecule has 0 saturated carbocycles. The van der Waals surface area contributed by atoms with Gasteiger partial charge in [0.25, 0.3) is 0 Å². The molecular formula is C13H27IN4O2. The van der Waals surface area contributed by atoms with Gasteiger partial charge in [-0.1, -0.05) is 0 Å². The summed E-state index contributed by atoms with van der Waals surface area (Å²) in [5, 5.41) is 6.38. The number of carbonyl (C=O) groups excluding carboxylic acids is 1. The lowest BCUT2D eigenvalue weighted by Crippen LogP contribution is -2.46. The van der Waals surface area contributed by atoms with Crippen molar-refractivity contribution in [3.05, 3.63) is 0 Å². The van der Waals surface area contributed by atoms with Crippen LogP contribution in [-0.2, 0) is 9.53 Å². The molecule has 0 aromatic carbocycles. The first-order valence-electron chi connectivity index (χ1n) is 6.75. The quantitative estimate of drug-likeness (QED) is 0.409. The Kier molecular flexibility index (Phi) is 9.11. The van der Waals surface area contributed by atoms with Gasteiger partial charge in [0, 0.05) is 47.3 Å². The summed E-state index contributed by atoms with van der Waals surface area (Å²) in [6, 6.07) is 0. The van der Waals surface area contributed by atoms with E-state index < -0.39 is 0 Å². The van der Waals surface area contributed by atoms with E-state index in [4.69, 9.17) is 4.74 Å². The number of aliphatic imine (C=N–C) groups is 1. The van der Waals surface area contributed by atoms with Gasteiger partial charge < -0.3 is 20.3 Å². The highest BCUT2D eigenvalue weighted by Crippen LogP contribution is 2.23. The molecule has 0 aliphatic carbocycles. The standard InChI is InChI=1S/C13H26N4O2.HI/c1-13(7-5-9-19-13)10-16-12(14-2)15-8-6-11(18)17(3)4;/h5-10H2,1-4H3,(H2,14,15,16);1H. The van der Waals surface area contributed by atoms with Crippen molar-refractivity contribution in [2.24, 2.45) is 4.99 Å². The summed E-state index contributed by atoms with van der Waals surface area (Å²) in [5.41, 5.74) is -0.100. The highest BCUT2D eigenvalue weighted by atomic mass is 127. The number of guanidine groups is 1. The van der Waals surface area contributed by atoms with Crippen molar-refractivity contribution >= 4 is 35.8 Å². The third-order valence-electron chi connectivity index (χ3n) is 3.28. The molecule has 1 fully saturated rings. The first-order valence-corrected chi connectivity index (χ1v) is 6.75. The summed E-state index contributed by atoms with van der Waals surface area (Å²) in [6.07, 6.45) is 2.64. The zero-order valence-corrected chi connectivity index (χ0v) is 15.2. The second-order valence-corrected chi connectivity index (χ2v) is 5.29. The fraction of sp³-hybridized carbons (Fsp3) is 0.846. The van der Waals surface area contributed by atoms with Crippen LogP contribution >= 0.6 is 24.0 Å². The SMILES string of the molecule is CN=C(NCCC(=O)N(C)C)NCC1(C)CCCO1.I. The smallest absolute Gasteiger partial charge is 0.223 e. The van der Waals surface area contributed by atoms with Gasteiger partial charge in [-0.25, -0.2) is 0 Å². The molecular weight excluding hydrogens is 371 g/mol. The summed E-state index contributed by atoms with van der Waals surface area (Å²) < 4.78 is 5.70. The average Bonchev–Trinajstić information content (AvgIpc) is 2.80. The third-order valence-corrected chi connectivity index (χ3v) is 3.28. The minimum atomic E-state index is -0.100. The molecule has 1 saturated heterocycles. The van der Waals surface area contributed by atoms with Crippen LogP contribution < -0.4 is 10.6 Å². The van der Waals surface area contributed by atoms with E-state index in [0.717, 1.165) is 26.0 Å². The Labute approximate surface area is 138 Å². The number of carbonyl (C=O) groups is 1. The van der Waals surface area contributed by atoms with Crippen LogP contribution in [0.3, 0.4) is 0 Å². The van der Waals surface area contributed by atoms with E-state index in [1.807, 2.05) is 0 Å². The van der Waals surface area contributed by atoms with Crippen molar-refractivity contribution in [3.8, 4) is 0 Å². The molecule has 0 aromatic rings. The van der Waals surface area contributed by atoms with Crippen molar-refractivity contribution in [2.75, 3.05) is 40.8 Å². The molecule has 1 heterocycles. The van der Waals surface area contributed by atoms with E-state index in [-0.39, 0.29) is 35.5 Å². The van der Waals surface area contributed by atoms with Crippen LogP contribution in [0.5, 0.6) is 0 Å². The van der Waals surface area contributed by atoms with E-state index in [0.29, 0.717) is 18.9 Å². The fourth-order valence-electron chi connectivity index (χ4n) is 1.98. The van der Waals surface area contributed by atoms with E-state index in [9.17, 15) is 4.79 Å². The van der Waals surface area contributed by atoms with Crippen LogP contribution in [0.2, 0.25) is 0 Å². The molecule has 1 aliphatic rings. The number of nitrogens with one attached hydrogen (secondary N) is 2. The lowest BCUT2D eigenvalue weighted by atomic mass is 10.0. The van der Waals surface area contributed by atoms with Gasteiger partial charge in [0.15, 0.2) is 5.96 Å². The molecule has 2 N–H and O–H groups in total. The number of amides is 1. The van der Waals surface area contributed by atoms with E-state index in [1.54, 1.807) is 26.0 Å². The molecule has 6 nitrogen and oxygen atoms in total.